The molecule has 0 radical (unpaired) electrons. The first-order valence-electron chi connectivity index (χ1n) is 8.36. The number of halogens is 2. The van der Waals surface area contributed by atoms with Crippen molar-refractivity contribution in [3.63, 3.8) is 0 Å². The topological polar surface area (TPSA) is 58.5 Å². The van der Waals surface area contributed by atoms with Gasteiger partial charge in [-0.3, -0.25) is 4.90 Å². The van der Waals surface area contributed by atoms with E-state index in [1.54, 1.807) is 0 Å². The van der Waals surface area contributed by atoms with Gasteiger partial charge in [-0.05, 0) is 42.3 Å². The van der Waals surface area contributed by atoms with Gasteiger partial charge in [0.1, 0.15) is 5.52 Å². The number of rotatable bonds is 3. The molecule has 0 saturated carbocycles. The molecule has 0 atom stereocenters. The van der Waals surface area contributed by atoms with E-state index in [1.807, 2.05) is 18.2 Å². The molecule has 0 unspecified atom stereocenters. The Hall–Kier alpha value is -1.95. The average molecular weight is 395 g/mol. The number of aryl methyl sites for hydroxylation is 1. The third-order valence-electron chi connectivity index (χ3n) is 4.53. The van der Waals surface area contributed by atoms with Gasteiger partial charge in [0.05, 0.1) is 0 Å². The molecule has 7 heteroatoms. The normalized spacial score (nSPS) is 14.7. The van der Waals surface area contributed by atoms with E-state index in [0.29, 0.717) is 0 Å². The number of aromatic nitrogens is 1. The average Bonchev–Trinajstić information content (AvgIpc) is 2.98. The van der Waals surface area contributed by atoms with Crippen molar-refractivity contribution < 1.29 is 4.42 Å². The van der Waals surface area contributed by atoms with Gasteiger partial charge in [0, 0.05) is 38.4 Å². The summed E-state index contributed by atoms with van der Waals surface area (Å²) in [4.78, 5) is 9.31. The quantitative estimate of drug-likeness (QED) is 0.682. The van der Waals surface area contributed by atoms with Crippen LogP contribution in [0.4, 0.5) is 11.7 Å². The Morgan fingerprint density at radius 2 is 1.81 bits per heavy atom. The SMILES string of the molecule is Cc1ccc2oc(N3CCN(Cc4cccc(N)c4)CC3)nc2c1.Cl.Cl. The number of benzene rings is 2. The highest BCUT2D eigenvalue weighted by molar-refractivity contribution is 5.85. The van der Waals surface area contributed by atoms with Crippen molar-refractivity contribution in [3.05, 3.63) is 53.6 Å². The van der Waals surface area contributed by atoms with Crippen molar-refractivity contribution in [3.8, 4) is 0 Å². The van der Waals surface area contributed by atoms with Crippen molar-refractivity contribution in [2.75, 3.05) is 36.8 Å². The molecule has 2 aromatic carbocycles. The fourth-order valence-electron chi connectivity index (χ4n) is 3.21. The molecule has 3 aromatic rings. The number of nitrogens with zero attached hydrogens (tertiary/aromatic N) is 3. The van der Waals surface area contributed by atoms with Crippen molar-refractivity contribution >= 4 is 47.6 Å². The zero-order valence-electron chi connectivity index (χ0n) is 14.7. The summed E-state index contributed by atoms with van der Waals surface area (Å²) in [5.74, 6) is 0. The molecule has 26 heavy (non-hydrogen) atoms. The Labute approximate surface area is 166 Å². The zero-order valence-corrected chi connectivity index (χ0v) is 16.4. The molecule has 5 nitrogen and oxygen atoms in total. The van der Waals surface area contributed by atoms with Gasteiger partial charge < -0.3 is 15.1 Å². The van der Waals surface area contributed by atoms with Crippen LogP contribution < -0.4 is 10.6 Å². The van der Waals surface area contributed by atoms with Crippen LogP contribution in [0.5, 0.6) is 0 Å². The highest BCUT2D eigenvalue weighted by Crippen LogP contribution is 2.24. The van der Waals surface area contributed by atoms with E-state index in [2.05, 4.69) is 46.0 Å². The fraction of sp³-hybridized carbons (Fsp3) is 0.316. The predicted octanol–water partition coefficient (Wildman–Crippen LogP) is 3.88. The first kappa shape index (κ1) is 20.4. The number of fused-ring (bicyclic) bond motifs is 1. The van der Waals surface area contributed by atoms with Gasteiger partial charge >= 0.3 is 0 Å². The Bertz CT molecular complexity index is 860. The highest BCUT2D eigenvalue weighted by atomic mass is 35.5. The van der Waals surface area contributed by atoms with Gasteiger partial charge in [0.2, 0.25) is 0 Å². The van der Waals surface area contributed by atoms with Crippen molar-refractivity contribution in [1.29, 1.82) is 0 Å². The maximum Gasteiger partial charge on any atom is 0.298 e. The molecular weight excluding hydrogens is 371 g/mol. The van der Waals surface area contributed by atoms with Crippen molar-refractivity contribution in [2.45, 2.75) is 13.5 Å². The number of piperazine rings is 1. The van der Waals surface area contributed by atoms with E-state index in [0.717, 1.165) is 55.5 Å². The maximum atomic E-state index is 5.91. The van der Waals surface area contributed by atoms with Gasteiger partial charge in [0.15, 0.2) is 5.58 Å². The Balaban J connectivity index is 0.00000121. The molecule has 1 saturated heterocycles. The second-order valence-electron chi connectivity index (χ2n) is 6.48. The summed E-state index contributed by atoms with van der Waals surface area (Å²) in [6.45, 7) is 6.84. The van der Waals surface area contributed by atoms with Crippen molar-refractivity contribution in [2.24, 2.45) is 0 Å². The predicted molar refractivity (Wildman–Crippen MR) is 112 cm³/mol. The molecule has 0 spiro atoms. The molecule has 1 aliphatic rings. The van der Waals surface area contributed by atoms with E-state index >= 15 is 0 Å². The molecule has 4 rings (SSSR count). The van der Waals surface area contributed by atoms with E-state index in [9.17, 15) is 0 Å². The number of nitrogens with two attached hydrogens (primary N) is 1. The van der Waals surface area contributed by atoms with Crippen LogP contribution in [0.15, 0.2) is 46.9 Å². The first-order chi connectivity index (χ1) is 11.7. The van der Waals surface area contributed by atoms with Gasteiger partial charge in [0.25, 0.3) is 6.01 Å². The second kappa shape index (κ2) is 8.62. The summed E-state index contributed by atoms with van der Waals surface area (Å²) in [6.07, 6.45) is 0. The standard InChI is InChI=1S/C19H22N4O.2ClH/c1-14-5-6-18-17(11-14)21-19(24-18)23-9-7-22(8-10-23)13-15-3-2-4-16(20)12-15;;/h2-6,11-12H,7-10,13,20H2,1H3;2*1H. The molecule has 2 N–H and O–H groups in total. The lowest BCUT2D eigenvalue weighted by Crippen LogP contribution is -2.46. The minimum atomic E-state index is 0. The molecule has 1 aliphatic heterocycles. The maximum absolute atomic E-state index is 5.91. The van der Waals surface area contributed by atoms with Gasteiger partial charge in [-0.2, -0.15) is 4.98 Å². The summed E-state index contributed by atoms with van der Waals surface area (Å²) in [5.41, 5.74) is 11.0. The minimum Gasteiger partial charge on any atom is -0.423 e. The Morgan fingerprint density at radius 1 is 1.04 bits per heavy atom. The molecular formula is C19H24Cl2N4O. The highest BCUT2D eigenvalue weighted by Gasteiger charge is 2.21. The van der Waals surface area contributed by atoms with Crippen LogP contribution in [-0.4, -0.2) is 36.1 Å². The summed E-state index contributed by atoms with van der Waals surface area (Å²) in [6, 6.07) is 15.0. The summed E-state index contributed by atoms with van der Waals surface area (Å²) >= 11 is 0. The third-order valence-corrected chi connectivity index (χ3v) is 4.53. The Kier molecular flexibility index (Phi) is 6.75. The lowest BCUT2D eigenvalue weighted by molar-refractivity contribution is 0.245. The second-order valence-corrected chi connectivity index (χ2v) is 6.48. The van der Waals surface area contributed by atoms with Crippen LogP contribution in [0.2, 0.25) is 0 Å². The third kappa shape index (κ3) is 4.41. The summed E-state index contributed by atoms with van der Waals surface area (Å²) < 4.78 is 5.91. The molecule has 140 valence electrons. The van der Waals surface area contributed by atoms with Crippen LogP contribution >= 0.6 is 24.8 Å². The zero-order chi connectivity index (χ0) is 16.5. The Morgan fingerprint density at radius 3 is 2.54 bits per heavy atom. The van der Waals surface area contributed by atoms with Crippen LogP contribution in [0.1, 0.15) is 11.1 Å². The monoisotopic (exact) mass is 394 g/mol. The number of nitrogen functional groups attached to an aromatic ring is 1. The fourth-order valence-corrected chi connectivity index (χ4v) is 3.21. The van der Waals surface area contributed by atoms with E-state index in [1.165, 1.54) is 11.1 Å². The molecule has 0 bridgehead atoms. The lowest BCUT2D eigenvalue weighted by atomic mass is 10.2. The molecule has 1 aromatic heterocycles. The van der Waals surface area contributed by atoms with E-state index in [4.69, 9.17) is 10.2 Å². The van der Waals surface area contributed by atoms with Crippen molar-refractivity contribution in [1.82, 2.24) is 9.88 Å². The lowest BCUT2D eigenvalue weighted by Gasteiger charge is -2.33. The van der Waals surface area contributed by atoms with Gasteiger partial charge in [-0.1, -0.05) is 18.2 Å². The molecule has 0 aliphatic carbocycles. The summed E-state index contributed by atoms with van der Waals surface area (Å²) in [5, 5.41) is 0. The summed E-state index contributed by atoms with van der Waals surface area (Å²) in [7, 11) is 0. The molecule has 2 heterocycles. The number of anilines is 2. The van der Waals surface area contributed by atoms with Crippen LogP contribution in [0, 0.1) is 6.92 Å². The number of oxazole rings is 1. The van der Waals surface area contributed by atoms with Gasteiger partial charge in [-0.25, -0.2) is 0 Å². The van der Waals surface area contributed by atoms with Crippen LogP contribution in [0.3, 0.4) is 0 Å². The first-order valence-corrected chi connectivity index (χ1v) is 8.36. The largest absolute Gasteiger partial charge is 0.423 e. The minimum absolute atomic E-state index is 0. The number of hydrogen-bond donors (Lipinski definition) is 1. The molecule has 1 fully saturated rings. The number of hydrogen-bond acceptors (Lipinski definition) is 5. The van der Waals surface area contributed by atoms with E-state index < -0.39 is 0 Å². The van der Waals surface area contributed by atoms with Crippen LogP contribution in [-0.2, 0) is 6.54 Å². The van der Waals surface area contributed by atoms with E-state index in [-0.39, 0.29) is 24.8 Å². The molecule has 0 amide bonds. The smallest absolute Gasteiger partial charge is 0.298 e. The van der Waals surface area contributed by atoms with Gasteiger partial charge in [-0.15, -0.1) is 24.8 Å². The van der Waals surface area contributed by atoms with Crippen LogP contribution in [0.25, 0.3) is 11.1 Å².